The Bertz CT molecular complexity index is 1090. The van der Waals surface area contributed by atoms with Crippen LogP contribution in [0.4, 0.5) is 30.6 Å². The summed E-state index contributed by atoms with van der Waals surface area (Å²) in [5.41, 5.74) is 1.66. The van der Waals surface area contributed by atoms with Crippen molar-refractivity contribution >= 4 is 17.5 Å². The van der Waals surface area contributed by atoms with Gasteiger partial charge in [-0.2, -0.15) is 4.98 Å². The van der Waals surface area contributed by atoms with Crippen molar-refractivity contribution in [3.05, 3.63) is 54.6 Å². The monoisotopic (exact) mass is 458 g/mol. The van der Waals surface area contributed by atoms with Crippen molar-refractivity contribution in [2.75, 3.05) is 17.7 Å². The molecule has 1 aliphatic carbocycles. The maximum Gasteiger partial charge on any atom is 0.573 e. The van der Waals surface area contributed by atoms with Crippen LogP contribution >= 0.6 is 0 Å². The van der Waals surface area contributed by atoms with Crippen LogP contribution in [-0.4, -0.2) is 29.5 Å². The lowest BCUT2D eigenvalue weighted by Crippen LogP contribution is -2.23. The summed E-state index contributed by atoms with van der Waals surface area (Å²) in [5, 5.41) is 6.63. The zero-order chi connectivity index (χ0) is 23.3. The highest BCUT2D eigenvalue weighted by Gasteiger charge is 2.31. The summed E-state index contributed by atoms with van der Waals surface area (Å²) in [4.78, 5) is 9.19. The number of rotatable bonds is 7. The predicted molar refractivity (Wildman–Crippen MR) is 121 cm³/mol. The van der Waals surface area contributed by atoms with E-state index in [1.54, 1.807) is 19.2 Å². The second-order valence-corrected chi connectivity index (χ2v) is 7.84. The molecule has 0 amide bonds. The SMILES string of the molecule is COc1ccccc1Nc1cc(-c2cccc(OC(F)(F)F)c2)nc(NC2CCCCC2)n1. The van der Waals surface area contributed by atoms with E-state index < -0.39 is 6.36 Å². The van der Waals surface area contributed by atoms with Crippen molar-refractivity contribution in [2.24, 2.45) is 0 Å². The summed E-state index contributed by atoms with van der Waals surface area (Å²) in [5.74, 6) is 1.24. The second-order valence-electron chi connectivity index (χ2n) is 7.84. The van der Waals surface area contributed by atoms with Crippen molar-refractivity contribution in [1.29, 1.82) is 0 Å². The average Bonchev–Trinajstić information content (AvgIpc) is 2.79. The van der Waals surface area contributed by atoms with E-state index >= 15 is 0 Å². The number of methoxy groups -OCH3 is 1. The van der Waals surface area contributed by atoms with Gasteiger partial charge in [-0.3, -0.25) is 0 Å². The smallest absolute Gasteiger partial charge is 0.495 e. The predicted octanol–water partition coefficient (Wildman–Crippen LogP) is 6.54. The van der Waals surface area contributed by atoms with E-state index in [9.17, 15) is 13.2 Å². The molecule has 2 aromatic carbocycles. The van der Waals surface area contributed by atoms with Gasteiger partial charge in [-0.05, 0) is 37.1 Å². The van der Waals surface area contributed by atoms with E-state index in [1.165, 1.54) is 24.6 Å². The lowest BCUT2D eigenvalue weighted by Gasteiger charge is -2.23. The number of nitrogens with zero attached hydrogens (tertiary/aromatic N) is 2. The van der Waals surface area contributed by atoms with Crippen LogP contribution in [0.5, 0.6) is 11.5 Å². The van der Waals surface area contributed by atoms with Gasteiger partial charge in [-0.15, -0.1) is 13.2 Å². The Morgan fingerprint density at radius 1 is 0.939 bits per heavy atom. The molecular formula is C24H25F3N4O2. The van der Waals surface area contributed by atoms with Gasteiger partial charge in [-0.1, -0.05) is 43.5 Å². The normalized spacial score (nSPS) is 14.5. The number of aromatic nitrogens is 2. The second kappa shape index (κ2) is 9.97. The Labute approximate surface area is 190 Å². The third-order valence-electron chi connectivity index (χ3n) is 5.40. The number of nitrogens with one attached hydrogen (secondary N) is 2. The molecule has 6 nitrogen and oxygen atoms in total. The quantitative estimate of drug-likeness (QED) is 0.419. The van der Waals surface area contributed by atoms with Crippen molar-refractivity contribution in [1.82, 2.24) is 9.97 Å². The molecule has 0 saturated heterocycles. The van der Waals surface area contributed by atoms with E-state index in [-0.39, 0.29) is 11.8 Å². The van der Waals surface area contributed by atoms with E-state index in [2.05, 4.69) is 25.3 Å². The fourth-order valence-electron chi connectivity index (χ4n) is 3.89. The number of hydrogen-bond acceptors (Lipinski definition) is 6. The van der Waals surface area contributed by atoms with Crippen LogP contribution in [-0.2, 0) is 0 Å². The third kappa shape index (κ3) is 6.27. The molecule has 1 saturated carbocycles. The minimum Gasteiger partial charge on any atom is -0.495 e. The summed E-state index contributed by atoms with van der Waals surface area (Å²) < 4.78 is 47.6. The summed E-state index contributed by atoms with van der Waals surface area (Å²) in [7, 11) is 1.58. The molecule has 0 aliphatic heterocycles. The van der Waals surface area contributed by atoms with Gasteiger partial charge in [0.25, 0.3) is 0 Å². The molecular weight excluding hydrogens is 433 g/mol. The maximum atomic E-state index is 12.7. The lowest BCUT2D eigenvalue weighted by molar-refractivity contribution is -0.274. The molecule has 9 heteroatoms. The minimum atomic E-state index is -4.77. The van der Waals surface area contributed by atoms with Crippen LogP contribution in [0.15, 0.2) is 54.6 Å². The topological polar surface area (TPSA) is 68.3 Å². The van der Waals surface area contributed by atoms with Crippen molar-refractivity contribution < 1.29 is 22.6 Å². The third-order valence-corrected chi connectivity index (χ3v) is 5.40. The molecule has 1 fully saturated rings. The maximum absolute atomic E-state index is 12.7. The fourth-order valence-corrected chi connectivity index (χ4v) is 3.89. The van der Waals surface area contributed by atoms with Gasteiger partial charge in [0, 0.05) is 17.7 Å². The number of anilines is 3. The van der Waals surface area contributed by atoms with E-state index in [0.717, 1.165) is 25.7 Å². The van der Waals surface area contributed by atoms with Gasteiger partial charge in [-0.25, -0.2) is 4.98 Å². The van der Waals surface area contributed by atoms with Gasteiger partial charge in [0.2, 0.25) is 5.95 Å². The van der Waals surface area contributed by atoms with Crippen LogP contribution in [0.25, 0.3) is 11.3 Å². The molecule has 0 unspecified atom stereocenters. The Kier molecular flexibility index (Phi) is 6.86. The molecule has 0 bridgehead atoms. The van der Waals surface area contributed by atoms with E-state index in [0.29, 0.717) is 34.5 Å². The molecule has 0 radical (unpaired) electrons. The summed E-state index contributed by atoms with van der Waals surface area (Å²) in [6, 6.07) is 15.1. The largest absolute Gasteiger partial charge is 0.573 e. The van der Waals surface area contributed by atoms with Crippen molar-refractivity contribution in [3.63, 3.8) is 0 Å². The Morgan fingerprint density at radius 2 is 1.73 bits per heavy atom. The lowest BCUT2D eigenvalue weighted by atomic mass is 9.96. The first-order chi connectivity index (χ1) is 15.9. The fraction of sp³-hybridized carbons (Fsp3) is 0.333. The molecule has 0 atom stereocenters. The van der Waals surface area contributed by atoms with E-state index in [1.807, 2.05) is 24.3 Å². The molecule has 3 aromatic rings. The Hall–Kier alpha value is -3.49. The summed E-state index contributed by atoms with van der Waals surface area (Å²) >= 11 is 0. The Balaban J connectivity index is 1.69. The zero-order valence-electron chi connectivity index (χ0n) is 18.2. The van der Waals surface area contributed by atoms with Crippen LogP contribution in [0, 0.1) is 0 Å². The van der Waals surface area contributed by atoms with Gasteiger partial charge in [0.15, 0.2) is 0 Å². The molecule has 2 N–H and O–H groups in total. The van der Waals surface area contributed by atoms with Crippen molar-refractivity contribution in [2.45, 2.75) is 44.5 Å². The highest BCUT2D eigenvalue weighted by Crippen LogP contribution is 2.32. The summed E-state index contributed by atoms with van der Waals surface area (Å²) in [6.07, 6.45) is 0.775. The molecule has 0 spiro atoms. The van der Waals surface area contributed by atoms with E-state index in [4.69, 9.17) is 4.74 Å². The van der Waals surface area contributed by atoms with Crippen LogP contribution in [0.2, 0.25) is 0 Å². The first-order valence-electron chi connectivity index (χ1n) is 10.8. The minimum absolute atomic E-state index is 0.257. The van der Waals surface area contributed by atoms with Gasteiger partial charge in [0.1, 0.15) is 17.3 Å². The molecule has 1 aromatic heterocycles. The number of alkyl halides is 3. The highest BCUT2D eigenvalue weighted by atomic mass is 19.4. The molecule has 1 aliphatic rings. The van der Waals surface area contributed by atoms with Crippen LogP contribution in [0.3, 0.4) is 0 Å². The molecule has 1 heterocycles. The van der Waals surface area contributed by atoms with Crippen LogP contribution in [0.1, 0.15) is 32.1 Å². The molecule has 4 rings (SSSR count). The highest BCUT2D eigenvalue weighted by molar-refractivity contribution is 5.70. The van der Waals surface area contributed by atoms with Crippen molar-refractivity contribution in [3.8, 4) is 22.8 Å². The first kappa shape index (κ1) is 22.7. The number of hydrogen-bond donors (Lipinski definition) is 2. The number of benzene rings is 2. The molecule has 33 heavy (non-hydrogen) atoms. The first-order valence-corrected chi connectivity index (χ1v) is 10.8. The molecule has 174 valence electrons. The van der Waals surface area contributed by atoms with Crippen LogP contribution < -0.4 is 20.1 Å². The standard InChI is InChI=1S/C24H25F3N4O2/c1-32-21-13-6-5-12-19(21)29-22-15-20(16-8-7-11-18(14-16)33-24(25,26)27)30-23(31-22)28-17-9-3-2-4-10-17/h5-8,11-15,17H,2-4,9-10H2,1H3,(H2,28,29,30,31). The Morgan fingerprint density at radius 3 is 2.48 bits per heavy atom. The summed E-state index contributed by atoms with van der Waals surface area (Å²) in [6.45, 7) is 0. The number of halogens is 3. The zero-order valence-corrected chi connectivity index (χ0v) is 18.2. The number of para-hydroxylation sites is 2. The van der Waals surface area contributed by atoms with Gasteiger partial charge in [0.05, 0.1) is 18.5 Å². The van der Waals surface area contributed by atoms with Gasteiger partial charge >= 0.3 is 6.36 Å². The van der Waals surface area contributed by atoms with Gasteiger partial charge < -0.3 is 20.1 Å². The number of ether oxygens (including phenoxy) is 2. The average molecular weight is 458 g/mol.